The Kier molecular flexibility index (Phi) is 0.704. The number of allylic oxidation sites excluding steroid dienone is 1. The molecular weight excluding hydrogens is 116 g/mol. The second-order valence-electron chi connectivity index (χ2n) is 2.04. The van der Waals surface area contributed by atoms with E-state index in [1.807, 2.05) is 12.2 Å². The molecule has 0 fully saturated rings. The van der Waals surface area contributed by atoms with E-state index >= 15 is 0 Å². The van der Waals surface area contributed by atoms with Gasteiger partial charge in [0.25, 0.3) is 0 Å². The summed E-state index contributed by atoms with van der Waals surface area (Å²) in [5.74, 6) is 0.179. The first-order valence-corrected chi connectivity index (χ1v) is 2.80. The summed E-state index contributed by atoms with van der Waals surface area (Å²) in [7, 11) is 0. The van der Waals surface area contributed by atoms with Crippen LogP contribution in [-0.2, 0) is 6.42 Å². The average molecular weight is 122 g/mol. The summed E-state index contributed by atoms with van der Waals surface area (Å²) in [5, 5.41) is 15.4. The Labute approximate surface area is 52.0 Å². The maximum absolute atomic E-state index is 9.00. The van der Waals surface area contributed by atoms with E-state index in [1.165, 1.54) is 0 Å². The lowest BCUT2D eigenvalue weighted by atomic mass is 10.3. The summed E-state index contributed by atoms with van der Waals surface area (Å²) in [6.45, 7) is 0. The molecule has 0 unspecified atom stereocenters. The number of hydrogen-bond acceptors (Lipinski definition) is 2. The summed E-state index contributed by atoms with van der Waals surface area (Å²) in [6.07, 6.45) is 4.69. The molecule has 0 bridgehead atoms. The van der Waals surface area contributed by atoms with Gasteiger partial charge in [-0.2, -0.15) is 5.10 Å². The zero-order valence-corrected chi connectivity index (χ0v) is 4.76. The largest absolute Gasteiger partial charge is 0.493 e. The second kappa shape index (κ2) is 1.37. The van der Waals surface area contributed by atoms with Gasteiger partial charge in [-0.15, -0.1) is 0 Å². The Morgan fingerprint density at radius 2 is 2.56 bits per heavy atom. The Morgan fingerprint density at radius 3 is 3.33 bits per heavy atom. The molecule has 3 nitrogen and oxygen atoms in total. The molecule has 2 rings (SSSR count). The van der Waals surface area contributed by atoms with Crippen LogP contribution in [0.3, 0.4) is 0 Å². The van der Waals surface area contributed by atoms with Gasteiger partial charge < -0.3 is 5.11 Å². The van der Waals surface area contributed by atoms with Crippen LogP contribution in [0.2, 0.25) is 0 Å². The summed E-state index contributed by atoms with van der Waals surface area (Å²) in [5.41, 5.74) is 1.78. The highest BCUT2D eigenvalue weighted by molar-refractivity contribution is 5.61. The van der Waals surface area contributed by atoms with Crippen LogP contribution in [0.25, 0.3) is 6.08 Å². The number of nitrogens with zero attached hydrogens (tertiary/aromatic N) is 1. The number of aromatic nitrogens is 2. The van der Waals surface area contributed by atoms with E-state index in [4.69, 9.17) is 5.11 Å². The van der Waals surface area contributed by atoms with E-state index in [0.29, 0.717) is 0 Å². The highest BCUT2D eigenvalue weighted by Crippen LogP contribution is 2.24. The van der Waals surface area contributed by atoms with Crippen molar-refractivity contribution in [2.75, 3.05) is 0 Å². The van der Waals surface area contributed by atoms with Gasteiger partial charge in [0.2, 0.25) is 5.88 Å². The van der Waals surface area contributed by atoms with Crippen LogP contribution >= 0.6 is 0 Å². The van der Waals surface area contributed by atoms with Crippen molar-refractivity contribution in [3.8, 4) is 5.88 Å². The molecule has 0 radical (unpaired) electrons. The highest BCUT2D eigenvalue weighted by Gasteiger charge is 2.11. The van der Waals surface area contributed by atoms with E-state index in [2.05, 4.69) is 10.2 Å². The normalized spacial score (nSPS) is 14.2. The van der Waals surface area contributed by atoms with Crippen molar-refractivity contribution in [3.63, 3.8) is 0 Å². The highest BCUT2D eigenvalue weighted by atomic mass is 16.3. The first kappa shape index (κ1) is 4.61. The molecule has 2 N–H and O–H groups in total. The van der Waals surface area contributed by atoms with Crippen LogP contribution in [0.4, 0.5) is 0 Å². The minimum atomic E-state index is 0.179. The lowest BCUT2D eigenvalue weighted by Crippen LogP contribution is -1.76. The smallest absolute Gasteiger partial charge is 0.214 e. The monoisotopic (exact) mass is 122 g/mol. The van der Waals surface area contributed by atoms with E-state index in [-0.39, 0.29) is 5.88 Å². The Balaban J connectivity index is 2.67. The van der Waals surface area contributed by atoms with Gasteiger partial charge in [-0.3, -0.25) is 0 Å². The fraction of sp³-hybridized carbons (Fsp3) is 0.167. The van der Waals surface area contributed by atoms with Crippen molar-refractivity contribution in [2.45, 2.75) is 6.42 Å². The molecule has 1 heterocycles. The van der Waals surface area contributed by atoms with Crippen molar-refractivity contribution in [3.05, 3.63) is 17.3 Å². The molecule has 0 saturated carbocycles. The van der Waals surface area contributed by atoms with Gasteiger partial charge in [0.1, 0.15) is 0 Å². The van der Waals surface area contributed by atoms with Gasteiger partial charge >= 0.3 is 0 Å². The third-order valence-electron chi connectivity index (χ3n) is 1.46. The lowest BCUT2D eigenvalue weighted by Gasteiger charge is -1.81. The quantitative estimate of drug-likeness (QED) is 0.531. The van der Waals surface area contributed by atoms with Crippen LogP contribution in [0, 0.1) is 0 Å². The minimum Gasteiger partial charge on any atom is -0.493 e. The third-order valence-corrected chi connectivity index (χ3v) is 1.46. The molecule has 9 heavy (non-hydrogen) atoms. The third kappa shape index (κ3) is 0.483. The Bertz CT molecular complexity index is 262. The van der Waals surface area contributed by atoms with Crippen LogP contribution in [0.1, 0.15) is 11.3 Å². The fourth-order valence-electron chi connectivity index (χ4n) is 0.997. The van der Waals surface area contributed by atoms with Crippen molar-refractivity contribution in [1.29, 1.82) is 0 Å². The Hall–Kier alpha value is -1.25. The van der Waals surface area contributed by atoms with Crippen molar-refractivity contribution in [1.82, 2.24) is 10.2 Å². The van der Waals surface area contributed by atoms with E-state index in [0.717, 1.165) is 17.7 Å². The number of aromatic hydroxyl groups is 1. The van der Waals surface area contributed by atoms with Gasteiger partial charge in [0.15, 0.2) is 0 Å². The summed E-state index contributed by atoms with van der Waals surface area (Å²) in [6, 6.07) is 0. The first-order valence-electron chi connectivity index (χ1n) is 2.80. The van der Waals surface area contributed by atoms with Crippen LogP contribution in [0.5, 0.6) is 5.88 Å². The van der Waals surface area contributed by atoms with E-state index < -0.39 is 0 Å². The molecule has 0 atom stereocenters. The average Bonchev–Trinajstić information content (AvgIpc) is 2.35. The molecular formula is C6H6N2O. The van der Waals surface area contributed by atoms with E-state index in [9.17, 15) is 0 Å². The molecule has 1 aromatic heterocycles. The SMILES string of the molecule is Oc1[nH]nc2c1C=CC2. The fourth-order valence-corrected chi connectivity index (χ4v) is 0.997. The number of H-pyrrole nitrogens is 1. The molecule has 3 heteroatoms. The Morgan fingerprint density at radius 1 is 1.67 bits per heavy atom. The predicted molar refractivity (Wildman–Crippen MR) is 33.0 cm³/mol. The summed E-state index contributed by atoms with van der Waals surface area (Å²) in [4.78, 5) is 0. The maximum atomic E-state index is 9.00. The molecule has 1 aromatic rings. The number of fused-ring (bicyclic) bond motifs is 1. The van der Waals surface area contributed by atoms with Crippen molar-refractivity contribution in [2.24, 2.45) is 0 Å². The van der Waals surface area contributed by atoms with Gasteiger partial charge in [0, 0.05) is 6.42 Å². The minimum absolute atomic E-state index is 0.179. The van der Waals surface area contributed by atoms with Crippen LogP contribution < -0.4 is 0 Å². The molecule has 1 aliphatic rings. The molecule has 0 spiro atoms. The van der Waals surface area contributed by atoms with E-state index in [1.54, 1.807) is 0 Å². The van der Waals surface area contributed by atoms with Crippen LogP contribution in [-0.4, -0.2) is 15.3 Å². The van der Waals surface area contributed by atoms with Gasteiger partial charge in [-0.05, 0) is 0 Å². The standard InChI is InChI=1S/C6H6N2O/c9-6-4-2-1-3-5(4)7-8-6/h1-2H,3H2,(H2,7,8,9). The number of nitrogens with one attached hydrogen (secondary N) is 1. The van der Waals surface area contributed by atoms with Crippen molar-refractivity contribution < 1.29 is 5.11 Å². The molecule has 1 aliphatic carbocycles. The lowest BCUT2D eigenvalue weighted by molar-refractivity contribution is 0.451. The predicted octanol–water partition coefficient (Wildman–Crippen LogP) is 0.685. The summed E-state index contributed by atoms with van der Waals surface area (Å²) < 4.78 is 0. The zero-order valence-electron chi connectivity index (χ0n) is 4.76. The zero-order chi connectivity index (χ0) is 6.27. The number of rotatable bonds is 0. The maximum Gasteiger partial charge on any atom is 0.214 e. The van der Waals surface area contributed by atoms with Gasteiger partial charge in [-0.1, -0.05) is 12.2 Å². The molecule has 0 aliphatic heterocycles. The second-order valence-corrected chi connectivity index (χ2v) is 2.04. The summed E-state index contributed by atoms with van der Waals surface area (Å²) >= 11 is 0. The number of aromatic amines is 1. The van der Waals surface area contributed by atoms with Gasteiger partial charge in [0.05, 0.1) is 11.3 Å². The molecule has 0 amide bonds. The van der Waals surface area contributed by atoms with Crippen LogP contribution in [0.15, 0.2) is 6.08 Å². The van der Waals surface area contributed by atoms with Crippen molar-refractivity contribution >= 4 is 6.08 Å². The molecule has 46 valence electrons. The topological polar surface area (TPSA) is 48.9 Å². The van der Waals surface area contributed by atoms with Gasteiger partial charge in [-0.25, -0.2) is 5.10 Å². The molecule has 0 saturated heterocycles. The first-order chi connectivity index (χ1) is 4.38. The molecule has 0 aromatic carbocycles. The number of hydrogen-bond donors (Lipinski definition) is 2.